The molecule has 0 aromatic carbocycles. The molecule has 1 aromatic heterocycles. The molecule has 0 bridgehead atoms. The Labute approximate surface area is 110 Å². The smallest absolute Gasteiger partial charge is 0.135 e. The van der Waals surface area contributed by atoms with E-state index >= 15 is 0 Å². The van der Waals surface area contributed by atoms with Gasteiger partial charge in [0.15, 0.2) is 0 Å². The molecule has 0 saturated heterocycles. The molecular weight excluding hydrogens is 224 g/mol. The van der Waals surface area contributed by atoms with E-state index in [0.29, 0.717) is 5.92 Å². The van der Waals surface area contributed by atoms with Crippen LogP contribution >= 0.6 is 0 Å². The van der Waals surface area contributed by atoms with E-state index in [9.17, 15) is 0 Å². The van der Waals surface area contributed by atoms with Crippen molar-refractivity contribution < 1.29 is 0 Å². The predicted octanol–water partition coefficient (Wildman–Crippen LogP) is 3.39. The lowest BCUT2D eigenvalue weighted by molar-refractivity contribution is 0.761. The van der Waals surface area contributed by atoms with Gasteiger partial charge >= 0.3 is 0 Å². The summed E-state index contributed by atoms with van der Waals surface area (Å²) >= 11 is 0. The number of rotatable bonds is 6. The van der Waals surface area contributed by atoms with Gasteiger partial charge in [-0.25, -0.2) is 9.97 Å². The summed E-state index contributed by atoms with van der Waals surface area (Å²) in [5.41, 5.74) is 0.255. The Kier molecular flexibility index (Phi) is 3.73. The zero-order chi connectivity index (χ0) is 13.2. The summed E-state index contributed by atoms with van der Waals surface area (Å²) in [7, 11) is 0. The summed E-state index contributed by atoms with van der Waals surface area (Å²) in [6.07, 6.45) is 3.55. The van der Waals surface area contributed by atoms with Crippen LogP contribution in [0, 0.1) is 0 Å². The second-order valence-corrected chi connectivity index (χ2v) is 5.76. The molecule has 0 amide bonds. The van der Waals surface area contributed by atoms with E-state index in [1.165, 1.54) is 12.8 Å². The number of anilines is 2. The maximum Gasteiger partial charge on any atom is 0.135 e. The summed E-state index contributed by atoms with van der Waals surface area (Å²) in [6, 6.07) is 2.02. The summed E-state index contributed by atoms with van der Waals surface area (Å²) < 4.78 is 0. The lowest BCUT2D eigenvalue weighted by Crippen LogP contribution is -2.18. The van der Waals surface area contributed by atoms with Gasteiger partial charge in [0, 0.05) is 24.1 Å². The van der Waals surface area contributed by atoms with E-state index in [1.54, 1.807) is 0 Å². The second-order valence-electron chi connectivity index (χ2n) is 5.76. The van der Waals surface area contributed by atoms with Crippen LogP contribution in [0.2, 0.25) is 0 Å². The van der Waals surface area contributed by atoms with Gasteiger partial charge in [-0.2, -0.15) is 0 Å². The molecule has 0 aliphatic heterocycles. The minimum absolute atomic E-state index is 0.255. The zero-order valence-electron chi connectivity index (χ0n) is 11.9. The Hall–Kier alpha value is -1.32. The van der Waals surface area contributed by atoms with E-state index in [2.05, 4.69) is 48.3 Å². The van der Waals surface area contributed by atoms with Gasteiger partial charge in [0.2, 0.25) is 0 Å². The van der Waals surface area contributed by atoms with Crippen molar-refractivity contribution in [2.75, 3.05) is 17.2 Å². The topological polar surface area (TPSA) is 49.8 Å². The van der Waals surface area contributed by atoms with E-state index in [4.69, 9.17) is 0 Å². The molecule has 1 heterocycles. The van der Waals surface area contributed by atoms with Crippen LogP contribution in [-0.2, 0) is 0 Å². The average Bonchev–Trinajstić information content (AvgIpc) is 3.03. The van der Waals surface area contributed by atoms with Crippen LogP contribution in [0.5, 0.6) is 0 Å². The Balaban J connectivity index is 2.18. The third-order valence-electron chi connectivity index (χ3n) is 3.25. The molecular formula is C14H24N4. The maximum atomic E-state index is 4.60. The molecule has 1 aliphatic rings. The van der Waals surface area contributed by atoms with E-state index in [0.717, 1.165) is 30.4 Å². The van der Waals surface area contributed by atoms with Crippen molar-refractivity contribution >= 4 is 11.6 Å². The quantitative estimate of drug-likeness (QED) is 0.810. The molecule has 100 valence electrons. The Morgan fingerprint density at radius 2 is 1.94 bits per heavy atom. The fourth-order valence-corrected chi connectivity index (χ4v) is 1.75. The molecule has 18 heavy (non-hydrogen) atoms. The van der Waals surface area contributed by atoms with Crippen LogP contribution < -0.4 is 10.6 Å². The highest BCUT2D eigenvalue weighted by Gasteiger charge is 2.37. The van der Waals surface area contributed by atoms with Gasteiger partial charge in [0.1, 0.15) is 17.5 Å². The molecule has 0 radical (unpaired) electrons. The highest BCUT2D eigenvalue weighted by atomic mass is 15.1. The highest BCUT2D eigenvalue weighted by Crippen LogP contribution is 2.38. The van der Waals surface area contributed by atoms with Gasteiger partial charge in [-0.3, -0.25) is 0 Å². The maximum absolute atomic E-state index is 4.60. The minimum Gasteiger partial charge on any atom is -0.370 e. The minimum atomic E-state index is 0.255. The first-order chi connectivity index (χ1) is 8.52. The van der Waals surface area contributed by atoms with Gasteiger partial charge < -0.3 is 10.6 Å². The summed E-state index contributed by atoms with van der Waals surface area (Å²) in [5, 5.41) is 6.86. The first-order valence-electron chi connectivity index (χ1n) is 6.93. The normalized spacial score (nSPS) is 16.7. The number of nitrogens with one attached hydrogen (secondary N) is 2. The van der Waals surface area contributed by atoms with Crippen molar-refractivity contribution in [2.45, 2.75) is 58.4 Å². The molecule has 0 unspecified atom stereocenters. The Morgan fingerprint density at radius 1 is 1.28 bits per heavy atom. The average molecular weight is 248 g/mol. The molecule has 1 aliphatic carbocycles. The predicted molar refractivity (Wildman–Crippen MR) is 76.2 cm³/mol. The third-order valence-corrected chi connectivity index (χ3v) is 3.25. The Bertz CT molecular complexity index is 410. The number of aromatic nitrogens is 2. The molecule has 2 rings (SSSR count). The van der Waals surface area contributed by atoms with Gasteiger partial charge in [-0.05, 0) is 26.2 Å². The molecule has 1 fully saturated rings. The van der Waals surface area contributed by atoms with E-state index in [-0.39, 0.29) is 5.54 Å². The third kappa shape index (κ3) is 3.34. The fourth-order valence-electron chi connectivity index (χ4n) is 1.75. The summed E-state index contributed by atoms with van der Waals surface area (Å²) in [6.45, 7) is 9.60. The van der Waals surface area contributed by atoms with Gasteiger partial charge in [-0.1, -0.05) is 20.8 Å². The molecule has 4 heteroatoms. The first-order valence-corrected chi connectivity index (χ1v) is 6.93. The number of nitrogens with zero attached hydrogens (tertiary/aromatic N) is 2. The van der Waals surface area contributed by atoms with Crippen LogP contribution in [-0.4, -0.2) is 22.1 Å². The SMILES string of the molecule is CCCNc1cc(NC2(C)CC2)nc(C(C)C)n1. The number of hydrogen-bond acceptors (Lipinski definition) is 4. The van der Waals surface area contributed by atoms with Crippen LogP contribution in [0.3, 0.4) is 0 Å². The Morgan fingerprint density at radius 3 is 2.50 bits per heavy atom. The fraction of sp³-hybridized carbons (Fsp3) is 0.714. The van der Waals surface area contributed by atoms with Crippen molar-refractivity contribution in [3.8, 4) is 0 Å². The van der Waals surface area contributed by atoms with Gasteiger partial charge in [-0.15, -0.1) is 0 Å². The monoisotopic (exact) mass is 248 g/mol. The lowest BCUT2D eigenvalue weighted by Gasteiger charge is -2.16. The second kappa shape index (κ2) is 5.12. The molecule has 0 atom stereocenters. The van der Waals surface area contributed by atoms with E-state index in [1.807, 2.05) is 6.07 Å². The summed E-state index contributed by atoms with van der Waals surface area (Å²) in [4.78, 5) is 9.16. The van der Waals surface area contributed by atoms with Crippen molar-refractivity contribution in [1.82, 2.24) is 9.97 Å². The highest BCUT2D eigenvalue weighted by molar-refractivity contribution is 5.50. The molecule has 1 aromatic rings. The standard InChI is InChI=1S/C14H24N4/c1-5-8-15-11-9-12(18-14(4)6-7-14)17-13(16-11)10(2)3/h9-10H,5-8H2,1-4H3,(H2,15,16,17,18). The van der Waals surface area contributed by atoms with Crippen LogP contribution in [0.1, 0.15) is 58.7 Å². The molecule has 0 spiro atoms. The van der Waals surface area contributed by atoms with Crippen LogP contribution in [0.15, 0.2) is 6.07 Å². The van der Waals surface area contributed by atoms with Crippen molar-refractivity contribution in [3.63, 3.8) is 0 Å². The largest absolute Gasteiger partial charge is 0.370 e. The first kappa shape index (κ1) is 13.1. The zero-order valence-corrected chi connectivity index (χ0v) is 11.9. The number of hydrogen-bond donors (Lipinski definition) is 2. The summed E-state index contributed by atoms with van der Waals surface area (Å²) in [5.74, 6) is 3.14. The molecule has 4 nitrogen and oxygen atoms in total. The molecule has 2 N–H and O–H groups in total. The van der Waals surface area contributed by atoms with Crippen molar-refractivity contribution in [1.29, 1.82) is 0 Å². The lowest BCUT2D eigenvalue weighted by atomic mass is 10.2. The van der Waals surface area contributed by atoms with Gasteiger partial charge in [0.25, 0.3) is 0 Å². The van der Waals surface area contributed by atoms with Crippen LogP contribution in [0.4, 0.5) is 11.6 Å². The molecule has 1 saturated carbocycles. The van der Waals surface area contributed by atoms with Gasteiger partial charge in [0.05, 0.1) is 0 Å². The van der Waals surface area contributed by atoms with E-state index < -0.39 is 0 Å². The van der Waals surface area contributed by atoms with Crippen molar-refractivity contribution in [3.05, 3.63) is 11.9 Å². The van der Waals surface area contributed by atoms with Crippen LogP contribution in [0.25, 0.3) is 0 Å². The van der Waals surface area contributed by atoms with Crippen molar-refractivity contribution in [2.24, 2.45) is 0 Å².